The smallest absolute Gasteiger partial charge is 0.230 e. The van der Waals surface area contributed by atoms with Crippen molar-refractivity contribution in [1.29, 1.82) is 0 Å². The van der Waals surface area contributed by atoms with Gasteiger partial charge in [-0.05, 0) is 45.0 Å². The molecule has 122 valence electrons. The van der Waals surface area contributed by atoms with Gasteiger partial charge in [-0.2, -0.15) is 0 Å². The molecule has 0 saturated carbocycles. The Bertz CT molecular complexity index is 623. The molecular formula is C19H23NO2S. The van der Waals surface area contributed by atoms with Gasteiger partial charge < -0.3 is 10.1 Å². The predicted molar refractivity (Wildman–Crippen MR) is 96.2 cm³/mol. The average Bonchev–Trinajstić information content (AvgIpc) is 2.54. The Kier molecular flexibility index (Phi) is 6.53. The number of benzene rings is 2. The lowest BCUT2D eigenvalue weighted by molar-refractivity contribution is -0.119. The van der Waals surface area contributed by atoms with Gasteiger partial charge in [-0.25, -0.2) is 0 Å². The first-order valence-corrected chi connectivity index (χ1v) is 8.70. The van der Waals surface area contributed by atoms with Gasteiger partial charge in [0.05, 0.1) is 11.8 Å². The molecule has 3 nitrogen and oxygen atoms in total. The number of carbonyl (C=O) groups is 1. The molecule has 0 aliphatic rings. The van der Waals surface area contributed by atoms with Gasteiger partial charge in [-0.1, -0.05) is 35.4 Å². The zero-order chi connectivity index (χ0) is 16.7. The second-order valence-electron chi connectivity index (χ2n) is 5.69. The number of aryl methyl sites for hydroxylation is 2. The van der Waals surface area contributed by atoms with Crippen molar-refractivity contribution in [2.75, 3.05) is 12.4 Å². The van der Waals surface area contributed by atoms with Gasteiger partial charge in [0, 0.05) is 4.90 Å². The minimum Gasteiger partial charge on any atom is -0.491 e. The van der Waals surface area contributed by atoms with Crippen molar-refractivity contribution >= 4 is 17.7 Å². The Labute approximate surface area is 142 Å². The van der Waals surface area contributed by atoms with Crippen LogP contribution in [0.5, 0.6) is 5.75 Å². The van der Waals surface area contributed by atoms with Gasteiger partial charge in [0.25, 0.3) is 0 Å². The molecule has 0 aliphatic carbocycles. The van der Waals surface area contributed by atoms with Crippen LogP contribution in [0.15, 0.2) is 53.4 Å². The van der Waals surface area contributed by atoms with E-state index in [0.29, 0.717) is 12.4 Å². The second kappa shape index (κ2) is 8.63. The molecule has 2 aromatic rings. The maximum atomic E-state index is 12.0. The zero-order valence-corrected chi connectivity index (χ0v) is 14.7. The number of hydrogen-bond acceptors (Lipinski definition) is 3. The Morgan fingerprint density at radius 1 is 1.04 bits per heavy atom. The van der Waals surface area contributed by atoms with Crippen LogP contribution in [0.25, 0.3) is 0 Å². The standard InChI is InChI=1S/C19H23NO2S/c1-14-4-8-17(9-5-14)22-12-16(3)20-19(21)13-23-18-10-6-15(2)7-11-18/h4-11,16H,12-13H2,1-3H3,(H,20,21)/t16-/m1/s1. The van der Waals surface area contributed by atoms with Crippen LogP contribution in [0.2, 0.25) is 0 Å². The van der Waals surface area contributed by atoms with Crippen LogP contribution in [-0.2, 0) is 4.79 Å². The summed E-state index contributed by atoms with van der Waals surface area (Å²) in [6.45, 7) is 6.50. The number of amides is 1. The lowest BCUT2D eigenvalue weighted by atomic mass is 10.2. The van der Waals surface area contributed by atoms with Crippen LogP contribution in [0.3, 0.4) is 0 Å². The quantitative estimate of drug-likeness (QED) is 0.781. The Morgan fingerprint density at radius 2 is 1.61 bits per heavy atom. The van der Waals surface area contributed by atoms with Crippen molar-refractivity contribution in [3.05, 3.63) is 59.7 Å². The predicted octanol–water partition coefficient (Wildman–Crippen LogP) is 3.98. The fraction of sp³-hybridized carbons (Fsp3) is 0.316. The molecule has 23 heavy (non-hydrogen) atoms. The summed E-state index contributed by atoms with van der Waals surface area (Å²) in [4.78, 5) is 13.1. The first-order chi connectivity index (χ1) is 11.0. The molecule has 1 N–H and O–H groups in total. The Balaban J connectivity index is 1.69. The monoisotopic (exact) mass is 329 g/mol. The highest BCUT2D eigenvalue weighted by Crippen LogP contribution is 2.18. The van der Waals surface area contributed by atoms with E-state index < -0.39 is 0 Å². The summed E-state index contributed by atoms with van der Waals surface area (Å²) in [6.07, 6.45) is 0. The molecule has 1 atom stereocenters. The molecule has 4 heteroatoms. The van der Waals surface area contributed by atoms with Crippen LogP contribution < -0.4 is 10.1 Å². The van der Waals surface area contributed by atoms with Crippen molar-refractivity contribution in [1.82, 2.24) is 5.32 Å². The number of rotatable bonds is 7. The molecule has 2 rings (SSSR count). The van der Waals surface area contributed by atoms with E-state index in [1.807, 2.05) is 50.2 Å². The Hall–Kier alpha value is -1.94. The number of ether oxygens (including phenoxy) is 1. The molecular weight excluding hydrogens is 306 g/mol. The molecule has 0 radical (unpaired) electrons. The summed E-state index contributed by atoms with van der Waals surface area (Å²) in [6, 6.07) is 16.1. The SMILES string of the molecule is Cc1ccc(OC[C@@H](C)NC(=O)CSc2ccc(C)cc2)cc1. The lowest BCUT2D eigenvalue weighted by Gasteiger charge is -2.15. The Morgan fingerprint density at radius 3 is 2.22 bits per heavy atom. The highest BCUT2D eigenvalue weighted by molar-refractivity contribution is 8.00. The zero-order valence-electron chi connectivity index (χ0n) is 13.8. The van der Waals surface area contributed by atoms with Gasteiger partial charge in [0.15, 0.2) is 0 Å². The van der Waals surface area contributed by atoms with Crippen LogP contribution in [0.1, 0.15) is 18.1 Å². The summed E-state index contributed by atoms with van der Waals surface area (Å²) in [7, 11) is 0. The van der Waals surface area contributed by atoms with Crippen molar-refractivity contribution < 1.29 is 9.53 Å². The van der Waals surface area contributed by atoms with Gasteiger partial charge in [-0.3, -0.25) is 4.79 Å². The van der Waals surface area contributed by atoms with E-state index in [4.69, 9.17) is 4.74 Å². The van der Waals surface area contributed by atoms with Crippen LogP contribution in [-0.4, -0.2) is 24.3 Å². The number of nitrogens with one attached hydrogen (secondary N) is 1. The van der Waals surface area contributed by atoms with Crippen LogP contribution >= 0.6 is 11.8 Å². The molecule has 0 unspecified atom stereocenters. The van der Waals surface area contributed by atoms with Gasteiger partial charge in [0.1, 0.15) is 12.4 Å². The molecule has 0 aliphatic heterocycles. The first-order valence-electron chi connectivity index (χ1n) is 7.71. The molecule has 0 spiro atoms. The van der Waals surface area contributed by atoms with Crippen molar-refractivity contribution in [2.45, 2.75) is 31.7 Å². The summed E-state index contributed by atoms with van der Waals surface area (Å²) >= 11 is 1.54. The third-order valence-electron chi connectivity index (χ3n) is 3.32. The highest BCUT2D eigenvalue weighted by Gasteiger charge is 2.08. The highest BCUT2D eigenvalue weighted by atomic mass is 32.2. The van der Waals surface area contributed by atoms with Gasteiger partial charge in [-0.15, -0.1) is 11.8 Å². The summed E-state index contributed by atoms with van der Waals surface area (Å²) in [5.41, 5.74) is 2.42. The maximum absolute atomic E-state index is 12.0. The maximum Gasteiger partial charge on any atom is 0.230 e. The normalized spacial score (nSPS) is 11.8. The third-order valence-corrected chi connectivity index (χ3v) is 4.33. The van der Waals surface area contributed by atoms with Gasteiger partial charge in [0.2, 0.25) is 5.91 Å². The van der Waals surface area contributed by atoms with E-state index in [1.54, 1.807) is 11.8 Å². The van der Waals surface area contributed by atoms with E-state index in [9.17, 15) is 4.79 Å². The molecule has 1 amide bonds. The van der Waals surface area contributed by atoms with E-state index >= 15 is 0 Å². The number of hydrogen-bond donors (Lipinski definition) is 1. The van der Waals surface area contributed by atoms with E-state index in [1.165, 1.54) is 11.1 Å². The van der Waals surface area contributed by atoms with Crippen LogP contribution in [0, 0.1) is 13.8 Å². The minimum atomic E-state index is -0.0255. The van der Waals surface area contributed by atoms with Crippen molar-refractivity contribution in [3.63, 3.8) is 0 Å². The van der Waals surface area contributed by atoms with Crippen molar-refractivity contribution in [3.8, 4) is 5.75 Å². The average molecular weight is 329 g/mol. The van der Waals surface area contributed by atoms with E-state index in [0.717, 1.165) is 10.6 Å². The number of carbonyl (C=O) groups excluding carboxylic acids is 1. The summed E-state index contributed by atoms with van der Waals surface area (Å²) in [5, 5.41) is 2.96. The molecule has 0 aromatic heterocycles. The molecule has 0 heterocycles. The van der Waals surface area contributed by atoms with E-state index in [2.05, 4.69) is 24.4 Å². The van der Waals surface area contributed by atoms with Crippen LogP contribution in [0.4, 0.5) is 0 Å². The molecule has 0 saturated heterocycles. The third kappa shape index (κ3) is 6.37. The molecule has 0 fully saturated rings. The lowest BCUT2D eigenvalue weighted by Crippen LogP contribution is -2.37. The second-order valence-corrected chi connectivity index (χ2v) is 6.74. The molecule has 2 aromatic carbocycles. The first kappa shape index (κ1) is 17.4. The topological polar surface area (TPSA) is 38.3 Å². The largest absolute Gasteiger partial charge is 0.491 e. The minimum absolute atomic E-state index is 0.0237. The fourth-order valence-electron chi connectivity index (χ4n) is 2.00. The fourth-order valence-corrected chi connectivity index (χ4v) is 2.71. The summed E-state index contributed by atoms with van der Waals surface area (Å²) < 4.78 is 5.68. The van der Waals surface area contributed by atoms with Gasteiger partial charge >= 0.3 is 0 Å². The van der Waals surface area contributed by atoms with Crippen molar-refractivity contribution in [2.24, 2.45) is 0 Å². The van der Waals surface area contributed by atoms with E-state index in [-0.39, 0.29) is 11.9 Å². The summed E-state index contributed by atoms with van der Waals surface area (Å²) in [5.74, 6) is 1.26. The number of thioether (sulfide) groups is 1. The molecule has 0 bridgehead atoms.